The van der Waals surface area contributed by atoms with E-state index < -0.39 is 0 Å². The van der Waals surface area contributed by atoms with Gasteiger partial charge in [0.2, 0.25) is 5.56 Å². The van der Waals surface area contributed by atoms with Gasteiger partial charge in [-0.15, -0.1) is 0 Å². The Labute approximate surface area is 159 Å². The second-order valence-electron chi connectivity index (χ2n) is 7.25. The fourth-order valence-electron chi connectivity index (χ4n) is 3.58. The minimum Gasteiger partial charge on any atom is -0.381 e. The van der Waals surface area contributed by atoms with Crippen molar-refractivity contribution in [1.29, 1.82) is 0 Å². The monoisotopic (exact) mass is 369 g/mol. The number of H-pyrrole nitrogens is 1. The standard InChI is InChI=1S/C21H27N3O3/c1-15-12-19(25)22-13-18(15)20(26)23-14-21(8-10-27-11-9-21)24-16(2)17-6-4-3-5-7-17/h3-7,12-13,16,24H,8-11,14H2,1-2H3,(H,22,25)(H,23,26)/t16-/m1/s1. The summed E-state index contributed by atoms with van der Waals surface area (Å²) < 4.78 is 5.54. The van der Waals surface area contributed by atoms with Gasteiger partial charge in [-0.1, -0.05) is 30.3 Å². The Morgan fingerprint density at radius 1 is 1.26 bits per heavy atom. The van der Waals surface area contributed by atoms with E-state index in [1.165, 1.54) is 17.8 Å². The zero-order valence-corrected chi connectivity index (χ0v) is 15.9. The second kappa shape index (κ2) is 8.50. The molecule has 0 unspecified atom stereocenters. The number of benzene rings is 1. The molecule has 27 heavy (non-hydrogen) atoms. The first-order valence-electron chi connectivity index (χ1n) is 9.37. The lowest BCUT2D eigenvalue weighted by Gasteiger charge is -2.40. The molecule has 0 bridgehead atoms. The van der Waals surface area contributed by atoms with Gasteiger partial charge in [0.1, 0.15) is 0 Å². The predicted octanol–water partition coefficient (Wildman–Crippen LogP) is 2.31. The summed E-state index contributed by atoms with van der Waals surface area (Å²) in [7, 11) is 0. The largest absolute Gasteiger partial charge is 0.381 e. The van der Waals surface area contributed by atoms with Crippen LogP contribution < -0.4 is 16.2 Å². The fourth-order valence-corrected chi connectivity index (χ4v) is 3.58. The van der Waals surface area contributed by atoms with Crippen molar-refractivity contribution in [2.45, 2.75) is 38.3 Å². The number of aryl methyl sites for hydroxylation is 1. The molecule has 6 nitrogen and oxygen atoms in total. The van der Waals surface area contributed by atoms with Crippen molar-refractivity contribution >= 4 is 5.91 Å². The van der Waals surface area contributed by atoms with Crippen molar-refractivity contribution in [2.24, 2.45) is 0 Å². The summed E-state index contributed by atoms with van der Waals surface area (Å²) in [5, 5.41) is 6.77. The topological polar surface area (TPSA) is 83.2 Å². The van der Waals surface area contributed by atoms with Crippen molar-refractivity contribution in [1.82, 2.24) is 15.6 Å². The van der Waals surface area contributed by atoms with Crippen molar-refractivity contribution < 1.29 is 9.53 Å². The van der Waals surface area contributed by atoms with Crippen LogP contribution in [-0.4, -0.2) is 36.2 Å². The van der Waals surface area contributed by atoms with Gasteiger partial charge in [-0.25, -0.2) is 0 Å². The molecule has 0 spiro atoms. The van der Waals surface area contributed by atoms with Crippen LogP contribution in [0.3, 0.4) is 0 Å². The van der Waals surface area contributed by atoms with Gasteiger partial charge in [-0.3, -0.25) is 9.59 Å². The quantitative estimate of drug-likeness (QED) is 0.730. The molecule has 1 aliphatic heterocycles. The highest BCUT2D eigenvalue weighted by molar-refractivity contribution is 5.95. The summed E-state index contributed by atoms with van der Waals surface area (Å²) in [6.45, 7) is 5.75. The van der Waals surface area contributed by atoms with Gasteiger partial charge >= 0.3 is 0 Å². The Hall–Kier alpha value is -2.44. The lowest BCUT2D eigenvalue weighted by molar-refractivity contribution is 0.0332. The third-order valence-corrected chi connectivity index (χ3v) is 5.24. The minimum atomic E-state index is -0.223. The number of hydrogen-bond acceptors (Lipinski definition) is 4. The Bertz CT molecular complexity index is 826. The van der Waals surface area contributed by atoms with Crippen molar-refractivity contribution in [2.75, 3.05) is 19.8 Å². The molecule has 1 aromatic heterocycles. The number of hydrogen-bond donors (Lipinski definition) is 3. The molecule has 1 amide bonds. The van der Waals surface area contributed by atoms with E-state index in [-0.39, 0.29) is 23.0 Å². The number of ether oxygens (including phenoxy) is 1. The van der Waals surface area contributed by atoms with E-state index in [2.05, 4.69) is 34.7 Å². The number of nitrogens with one attached hydrogen (secondary N) is 3. The summed E-state index contributed by atoms with van der Waals surface area (Å²) in [5.41, 5.74) is 1.95. The molecule has 144 valence electrons. The zero-order chi connectivity index (χ0) is 19.3. The summed E-state index contributed by atoms with van der Waals surface area (Å²) >= 11 is 0. The van der Waals surface area contributed by atoms with Gasteiger partial charge in [-0.05, 0) is 37.8 Å². The van der Waals surface area contributed by atoms with Crippen LogP contribution in [0.15, 0.2) is 47.4 Å². The van der Waals surface area contributed by atoms with Crippen LogP contribution in [0.25, 0.3) is 0 Å². The molecule has 0 radical (unpaired) electrons. The lowest BCUT2D eigenvalue weighted by atomic mass is 9.88. The Balaban J connectivity index is 1.71. The van der Waals surface area contributed by atoms with Crippen molar-refractivity contribution in [3.63, 3.8) is 0 Å². The van der Waals surface area contributed by atoms with Crippen LogP contribution in [0.4, 0.5) is 0 Å². The van der Waals surface area contributed by atoms with E-state index in [4.69, 9.17) is 4.74 Å². The first-order chi connectivity index (χ1) is 13.0. The second-order valence-corrected chi connectivity index (χ2v) is 7.25. The van der Waals surface area contributed by atoms with Crippen molar-refractivity contribution in [3.05, 3.63) is 69.6 Å². The number of carbonyl (C=O) groups excluding carboxylic acids is 1. The molecule has 2 aromatic rings. The van der Waals surface area contributed by atoms with E-state index in [1.54, 1.807) is 6.92 Å². The highest BCUT2D eigenvalue weighted by Crippen LogP contribution is 2.25. The Morgan fingerprint density at radius 3 is 2.63 bits per heavy atom. The molecule has 1 aromatic carbocycles. The maximum absolute atomic E-state index is 12.6. The SMILES string of the molecule is Cc1cc(=O)[nH]cc1C(=O)NCC1(N[C@H](C)c2ccccc2)CCOCC1. The van der Waals surface area contributed by atoms with E-state index in [0.717, 1.165) is 12.8 Å². The number of carbonyl (C=O) groups is 1. The van der Waals surface area contributed by atoms with Crippen LogP contribution in [0.5, 0.6) is 0 Å². The fraction of sp³-hybridized carbons (Fsp3) is 0.429. The van der Waals surface area contributed by atoms with Crippen LogP contribution in [0.1, 0.15) is 47.3 Å². The smallest absolute Gasteiger partial charge is 0.253 e. The molecular formula is C21H27N3O3. The molecule has 1 aliphatic rings. The Morgan fingerprint density at radius 2 is 1.96 bits per heavy atom. The van der Waals surface area contributed by atoms with E-state index >= 15 is 0 Å². The minimum absolute atomic E-state index is 0.163. The van der Waals surface area contributed by atoms with E-state index in [9.17, 15) is 9.59 Å². The molecule has 2 heterocycles. The molecular weight excluding hydrogens is 342 g/mol. The maximum atomic E-state index is 12.6. The number of aromatic amines is 1. The normalized spacial score (nSPS) is 17.3. The number of aromatic nitrogens is 1. The third kappa shape index (κ3) is 4.84. The van der Waals surface area contributed by atoms with Crippen LogP contribution in [-0.2, 0) is 4.74 Å². The van der Waals surface area contributed by atoms with Crippen LogP contribution in [0.2, 0.25) is 0 Å². The van der Waals surface area contributed by atoms with Crippen LogP contribution in [0, 0.1) is 6.92 Å². The van der Waals surface area contributed by atoms with Gasteiger partial charge in [0, 0.05) is 43.6 Å². The molecule has 0 saturated carbocycles. The first-order valence-corrected chi connectivity index (χ1v) is 9.37. The first kappa shape index (κ1) is 19.3. The average Bonchev–Trinajstić information content (AvgIpc) is 2.67. The van der Waals surface area contributed by atoms with E-state index in [1.807, 2.05) is 18.2 Å². The molecule has 3 N–H and O–H groups in total. The lowest BCUT2D eigenvalue weighted by Crippen LogP contribution is -2.57. The van der Waals surface area contributed by atoms with Gasteiger partial charge < -0.3 is 20.4 Å². The highest BCUT2D eigenvalue weighted by Gasteiger charge is 2.34. The zero-order valence-electron chi connectivity index (χ0n) is 15.9. The number of amides is 1. The molecule has 1 fully saturated rings. The predicted molar refractivity (Wildman–Crippen MR) is 105 cm³/mol. The molecule has 3 rings (SSSR count). The van der Waals surface area contributed by atoms with Crippen LogP contribution >= 0.6 is 0 Å². The van der Waals surface area contributed by atoms with E-state index in [0.29, 0.717) is 30.9 Å². The highest BCUT2D eigenvalue weighted by atomic mass is 16.5. The summed E-state index contributed by atoms with van der Waals surface area (Å²) in [4.78, 5) is 26.6. The molecule has 0 aliphatic carbocycles. The summed E-state index contributed by atoms with van der Waals surface area (Å²) in [6.07, 6.45) is 3.13. The van der Waals surface area contributed by atoms with Crippen molar-refractivity contribution in [3.8, 4) is 0 Å². The van der Waals surface area contributed by atoms with Gasteiger partial charge in [0.25, 0.3) is 5.91 Å². The van der Waals surface area contributed by atoms with Gasteiger partial charge in [0.15, 0.2) is 0 Å². The van der Waals surface area contributed by atoms with Gasteiger partial charge in [0.05, 0.1) is 5.56 Å². The summed E-state index contributed by atoms with van der Waals surface area (Å²) in [6, 6.07) is 11.9. The molecule has 1 atom stereocenters. The number of rotatable bonds is 6. The average molecular weight is 369 g/mol. The molecule has 6 heteroatoms. The van der Waals surface area contributed by atoms with Gasteiger partial charge in [-0.2, -0.15) is 0 Å². The summed E-state index contributed by atoms with van der Waals surface area (Å²) in [5.74, 6) is -0.177. The molecule has 1 saturated heterocycles. The number of pyridine rings is 1. The third-order valence-electron chi connectivity index (χ3n) is 5.24. The Kier molecular flexibility index (Phi) is 6.08. The maximum Gasteiger partial charge on any atom is 0.253 e.